The maximum Gasteiger partial charge on any atom is 0.266 e. The number of aliphatic carboxylic acids is 1. The van der Waals surface area contributed by atoms with Crippen LogP contribution in [0.15, 0.2) is 70.6 Å². The van der Waals surface area contributed by atoms with E-state index in [1.165, 1.54) is 9.80 Å². The zero-order chi connectivity index (χ0) is 23.4. The summed E-state index contributed by atoms with van der Waals surface area (Å²) >= 11 is 8.23. The Kier molecular flexibility index (Phi) is 7.32. The van der Waals surface area contributed by atoms with Crippen molar-refractivity contribution in [3.8, 4) is 16.9 Å². The molecule has 2 heterocycles. The number of carbonyl (C=O) groups excluding carboxylic acids is 2. The van der Waals surface area contributed by atoms with E-state index >= 15 is 0 Å². The average molecular weight is 495 g/mol. The van der Waals surface area contributed by atoms with Gasteiger partial charge in [0.25, 0.3) is 5.91 Å². The third kappa shape index (κ3) is 5.38. The van der Waals surface area contributed by atoms with Gasteiger partial charge in [-0.2, -0.15) is 5.10 Å². The van der Waals surface area contributed by atoms with Gasteiger partial charge in [0.2, 0.25) is 0 Å². The normalized spacial score (nSPS) is 14.9. The number of aromatic nitrogens is 2. The summed E-state index contributed by atoms with van der Waals surface area (Å²) < 4.78 is 2.12. The molecule has 0 bridgehead atoms. The Hall–Kier alpha value is -2.88. The molecule has 1 aliphatic rings. The zero-order valence-corrected chi connectivity index (χ0v) is 20.2. The highest BCUT2D eigenvalue weighted by Gasteiger charge is 2.32. The molecule has 1 amide bonds. The lowest BCUT2D eigenvalue weighted by atomic mass is 10.1. The van der Waals surface area contributed by atoms with Crippen LogP contribution in [0.1, 0.15) is 18.9 Å². The predicted molar refractivity (Wildman–Crippen MR) is 135 cm³/mol. The van der Waals surface area contributed by atoms with Crippen LogP contribution in [0.25, 0.3) is 23.0 Å². The van der Waals surface area contributed by atoms with E-state index in [-0.39, 0.29) is 18.9 Å². The number of thiocarbonyl (C=S) groups is 1. The second-order valence-electron chi connectivity index (χ2n) is 7.13. The van der Waals surface area contributed by atoms with Crippen molar-refractivity contribution >= 4 is 58.0 Å². The molecule has 0 aliphatic carbocycles. The molecule has 1 fully saturated rings. The molecule has 0 atom stereocenters. The van der Waals surface area contributed by atoms with E-state index < -0.39 is 5.97 Å². The average Bonchev–Trinajstić information content (AvgIpc) is 3.34. The number of carbonyl (C=O) groups is 2. The molecule has 1 aliphatic heterocycles. The van der Waals surface area contributed by atoms with E-state index in [1.807, 2.05) is 48.7 Å². The number of benzene rings is 2. The van der Waals surface area contributed by atoms with Crippen LogP contribution in [-0.4, -0.2) is 43.2 Å². The Labute approximate surface area is 205 Å². The van der Waals surface area contributed by atoms with Crippen molar-refractivity contribution in [2.24, 2.45) is 0 Å². The quantitative estimate of drug-likeness (QED) is 0.266. The summed E-state index contributed by atoms with van der Waals surface area (Å²) in [5.41, 5.74) is 3.35. The molecule has 0 saturated carbocycles. The fourth-order valence-electron chi connectivity index (χ4n) is 3.34. The van der Waals surface area contributed by atoms with Crippen LogP contribution < -0.4 is 5.11 Å². The summed E-state index contributed by atoms with van der Waals surface area (Å²) in [6.07, 6.45) is 3.39. The van der Waals surface area contributed by atoms with Crippen LogP contribution in [0.2, 0.25) is 0 Å². The molecule has 9 heteroatoms. The molecule has 1 aromatic heterocycles. The zero-order valence-electron chi connectivity index (χ0n) is 17.8. The highest BCUT2D eigenvalue weighted by molar-refractivity contribution is 8.26. The number of rotatable bonds is 8. The molecule has 4 rings (SSSR count). The topological polar surface area (TPSA) is 78.3 Å². The summed E-state index contributed by atoms with van der Waals surface area (Å²) in [5, 5.41) is 15.6. The third-order valence-corrected chi connectivity index (χ3v) is 7.17. The van der Waals surface area contributed by atoms with Crippen molar-refractivity contribution in [2.45, 2.75) is 18.2 Å². The van der Waals surface area contributed by atoms with Crippen molar-refractivity contribution in [3.05, 3.63) is 71.3 Å². The second kappa shape index (κ2) is 10.4. The summed E-state index contributed by atoms with van der Waals surface area (Å²) in [7, 11) is 0. The van der Waals surface area contributed by atoms with E-state index in [9.17, 15) is 14.7 Å². The number of nitrogens with zero attached hydrogens (tertiary/aromatic N) is 3. The second-order valence-corrected chi connectivity index (χ2v) is 10.1. The Balaban J connectivity index is 1.72. The van der Waals surface area contributed by atoms with Gasteiger partial charge in [-0.05, 0) is 36.1 Å². The lowest BCUT2D eigenvalue weighted by Crippen LogP contribution is -2.33. The van der Waals surface area contributed by atoms with Crippen molar-refractivity contribution in [1.29, 1.82) is 0 Å². The molecule has 0 spiro atoms. The van der Waals surface area contributed by atoms with Crippen LogP contribution in [-0.2, 0) is 9.59 Å². The first-order valence-corrected chi connectivity index (χ1v) is 12.5. The first-order valence-electron chi connectivity index (χ1n) is 10.3. The van der Waals surface area contributed by atoms with Gasteiger partial charge in [-0.3, -0.25) is 9.69 Å². The van der Waals surface area contributed by atoms with Gasteiger partial charge < -0.3 is 9.90 Å². The number of amides is 1. The molecule has 6 nitrogen and oxygen atoms in total. The van der Waals surface area contributed by atoms with Crippen LogP contribution >= 0.6 is 35.7 Å². The van der Waals surface area contributed by atoms with Gasteiger partial charge in [0.1, 0.15) is 4.32 Å². The van der Waals surface area contributed by atoms with Gasteiger partial charge in [0.05, 0.1) is 16.3 Å². The highest BCUT2D eigenvalue weighted by Crippen LogP contribution is 2.35. The molecule has 33 heavy (non-hydrogen) atoms. The van der Waals surface area contributed by atoms with Gasteiger partial charge in [-0.15, -0.1) is 11.8 Å². The van der Waals surface area contributed by atoms with Crippen LogP contribution in [0.3, 0.4) is 0 Å². The van der Waals surface area contributed by atoms with Crippen LogP contribution in [0.5, 0.6) is 0 Å². The molecule has 0 unspecified atom stereocenters. The Morgan fingerprint density at radius 2 is 1.91 bits per heavy atom. The Bertz CT molecular complexity index is 1220. The number of hydrogen-bond acceptors (Lipinski definition) is 7. The lowest BCUT2D eigenvalue weighted by Gasteiger charge is -2.14. The predicted octanol–water partition coefficient (Wildman–Crippen LogP) is 3.99. The number of para-hydroxylation sites is 1. The molecule has 0 radical (unpaired) electrons. The van der Waals surface area contributed by atoms with Crippen LogP contribution in [0.4, 0.5) is 0 Å². The monoisotopic (exact) mass is 494 g/mol. The van der Waals surface area contributed by atoms with Crippen molar-refractivity contribution in [1.82, 2.24) is 14.7 Å². The molecular formula is C24H20N3O3S3-. The maximum absolute atomic E-state index is 12.9. The van der Waals surface area contributed by atoms with E-state index in [0.29, 0.717) is 9.23 Å². The fourth-order valence-corrected chi connectivity index (χ4v) is 5.30. The Morgan fingerprint density at radius 1 is 1.18 bits per heavy atom. The third-order valence-electron chi connectivity index (χ3n) is 4.90. The van der Waals surface area contributed by atoms with Gasteiger partial charge in [-0.25, -0.2) is 4.68 Å². The molecule has 3 aromatic rings. The van der Waals surface area contributed by atoms with Crippen molar-refractivity contribution < 1.29 is 14.7 Å². The van der Waals surface area contributed by atoms with E-state index in [4.69, 9.17) is 17.3 Å². The molecule has 0 N–H and O–H groups in total. The fraction of sp³-hybridized carbons (Fsp3) is 0.167. The SMILES string of the molecule is CCSc1ccc(-c2nn(-c3ccccc3)cc2/C=C2\SC(=S)N(CCC(=O)[O-])C2=O)cc1. The standard InChI is InChI=1S/C24H21N3O3S3/c1-2-32-19-10-8-16(9-11-19)22-17(15-27(25-22)18-6-4-3-5-7-18)14-20-23(30)26(24(31)33-20)13-12-21(28)29/h3-11,14-15H,2,12-13H2,1H3,(H,28,29)/p-1/b20-14-. The molecule has 168 valence electrons. The maximum atomic E-state index is 12.9. The molecule has 2 aromatic carbocycles. The largest absolute Gasteiger partial charge is 0.550 e. The van der Waals surface area contributed by atoms with Gasteiger partial charge in [0, 0.05) is 41.2 Å². The highest BCUT2D eigenvalue weighted by atomic mass is 32.2. The molecular weight excluding hydrogens is 474 g/mol. The van der Waals surface area contributed by atoms with Crippen molar-refractivity contribution in [3.63, 3.8) is 0 Å². The van der Waals surface area contributed by atoms with E-state index in [0.717, 1.165) is 40.0 Å². The minimum Gasteiger partial charge on any atom is -0.550 e. The van der Waals surface area contributed by atoms with Crippen LogP contribution in [0, 0.1) is 0 Å². The van der Waals surface area contributed by atoms with Gasteiger partial charge >= 0.3 is 0 Å². The summed E-state index contributed by atoms with van der Waals surface area (Å²) in [6.45, 7) is 2.11. The number of thioether (sulfide) groups is 2. The van der Waals surface area contributed by atoms with Gasteiger partial charge in [-0.1, -0.05) is 61.2 Å². The van der Waals surface area contributed by atoms with E-state index in [2.05, 4.69) is 19.1 Å². The Morgan fingerprint density at radius 3 is 2.58 bits per heavy atom. The minimum absolute atomic E-state index is 0.00294. The first kappa shape index (κ1) is 23.3. The number of hydrogen-bond donors (Lipinski definition) is 0. The molecule has 1 saturated heterocycles. The summed E-state index contributed by atoms with van der Waals surface area (Å²) in [4.78, 5) is 26.6. The first-order chi connectivity index (χ1) is 16.0. The summed E-state index contributed by atoms with van der Waals surface area (Å²) in [6, 6.07) is 17.9. The number of carboxylic acids is 1. The van der Waals surface area contributed by atoms with Gasteiger partial charge in [0.15, 0.2) is 0 Å². The minimum atomic E-state index is -1.22. The summed E-state index contributed by atoms with van der Waals surface area (Å²) in [5.74, 6) is -0.531. The lowest BCUT2D eigenvalue weighted by molar-refractivity contribution is -0.305. The van der Waals surface area contributed by atoms with Crippen molar-refractivity contribution in [2.75, 3.05) is 12.3 Å². The number of carboxylic acid groups (broad SMARTS) is 1. The smallest absolute Gasteiger partial charge is 0.266 e. The van der Waals surface area contributed by atoms with E-state index in [1.54, 1.807) is 22.5 Å².